The molecule has 5 nitrogen and oxygen atoms in total. The Hall–Kier alpha value is -1.73. The van der Waals surface area contributed by atoms with E-state index in [9.17, 15) is 9.59 Å². The Morgan fingerprint density at radius 3 is 2.47 bits per heavy atom. The van der Waals surface area contributed by atoms with Gasteiger partial charge in [-0.05, 0) is 111 Å². The highest BCUT2D eigenvalue weighted by Gasteiger charge is 2.35. The van der Waals surface area contributed by atoms with E-state index in [1.165, 1.54) is 11.0 Å². The number of hydrogen-bond acceptors (Lipinski definition) is 4. The van der Waals surface area contributed by atoms with E-state index in [1.54, 1.807) is 24.3 Å². The molecule has 0 radical (unpaired) electrons. The number of ether oxygens (including phenoxy) is 1. The molecule has 4 rings (SSSR count). The first kappa shape index (κ1) is 25.4. The lowest BCUT2D eigenvalue weighted by atomic mass is 10.1. The average molecular weight is 735 g/mol. The largest absolute Gasteiger partial charge is 0.488 e. The van der Waals surface area contributed by atoms with Crippen LogP contribution in [0.2, 0.25) is 10.0 Å². The first-order valence-electron chi connectivity index (χ1n) is 9.77. The molecule has 0 aromatic heterocycles. The molecule has 3 aromatic rings. The van der Waals surface area contributed by atoms with Crippen LogP contribution in [0.1, 0.15) is 11.1 Å². The quantitative estimate of drug-likeness (QED) is 0.139. The fraction of sp³-hybridized carbons (Fsp3) is 0.0417. The number of thiocarbonyl (C=S) groups is 1. The van der Waals surface area contributed by atoms with Gasteiger partial charge < -0.3 is 4.74 Å². The molecule has 0 unspecified atom stereocenters. The van der Waals surface area contributed by atoms with E-state index >= 15 is 0 Å². The zero-order valence-corrected chi connectivity index (χ0v) is 23.8. The second-order valence-corrected chi connectivity index (χ2v) is 10.7. The van der Waals surface area contributed by atoms with Gasteiger partial charge in [0.05, 0.1) is 19.3 Å². The first-order chi connectivity index (χ1) is 16.2. The van der Waals surface area contributed by atoms with Gasteiger partial charge in [-0.1, -0.05) is 47.5 Å². The van der Waals surface area contributed by atoms with Crippen molar-refractivity contribution in [3.05, 3.63) is 94.5 Å². The van der Waals surface area contributed by atoms with Crippen molar-refractivity contribution in [2.75, 3.05) is 4.90 Å². The second-order valence-electron chi connectivity index (χ2n) is 7.14. The topological polar surface area (TPSA) is 58.6 Å². The maximum atomic E-state index is 13.2. The molecule has 10 heteroatoms. The Bertz CT molecular complexity index is 1350. The van der Waals surface area contributed by atoms with Crippen molar-refractivity contribution in [3.8, 4) is 5.75 Å². The number of carbonyl (C=O) groups is 2. The fourth-order valence-corrected chi connectivity index (χ4v) is 4.88. The number of anilines is 1. The maximum Gasteiger partial charge on any atom is 0.270 e. The summed E-state index contributed by atoms with van der Waals surface area (Å²) >= 11 is 22.0. The third-order valence-electron chi connectivity index (χ3n) is 4.85. The highest BCUT2D eigenvalue weighted by atomic mass is 127. The van der Waals surface area contributed by atoms with E-state index in [0.717, 1.165) is 12.7 Å². The van der Waals surface area contributed by atoms with E-state index in [1.807, 2.05) is 36.4 Å². The summed E-state index contributed by atoms with van der Waals surface area (Å²) in [5, 5.41) is 2.92. The van der Waals surface area contributed by atoms with Crippen LogP contribution in [-0.2, 0) is 16.2 Å². The molecule has 0 bridgehead atoms. The number of halogens is 4. The van der Waals surface area contributed by atoms with Crippen molar-refractivity contribution in [2.45, 2.75) is 6.61 Å². The van der Waals surface area contributed by atoms with Crippen LogP contribution in [0.25, 0.3) is 6.08 Å². The minimum absolute atomic E-state index is 0.0646. The second kappa shape index (κ2) is 10.9. The van der Waals surface area contributed by atoms with Gasteiger partial charge >= 0.3 is 0 Å². The zero-order valence-electron chi connectivity index (χ0n) is 17.2. The molecular weight excluding hydrogens is 721 g/mol. The number of benzene rings is 3. The molecule has 0 aliphatic carbocycles. The number of hydrogen-bond donors (Lipinski definition) is 1. The van der Waals surface area contributed by atoms with Gasteiger partial charge in [0.2, 0.25) is 0 Å². The Balaban J connectivity index is 1.58. The lowest BCUT2D eigenvalue weighted by Crippen LogP contribution is -2.54. The van der Waals surface area contributed by atoms with Gasteiger partial charge in [-0.15, -0.1) is 0 Å². The molecule has 34 heavy (non-hydrogen) atoms. The molecule has 2 amide bonds. The summed E-state index contributed by atoms with van der Waals surface area (Å²) in [5.74, 6) is -0.473. The van der Waals surface area contributed by atoms with E-state index in [0.29, 0.717) is 23.6 Å². The van der Waals surface area contributed by atoms with Gasteiger partial charge in [-0.3, -0.25) is 19.8 Å². The third-order valence-corrected chi connectivity index (χ3v) is 7.50. The molecule has 0 atom stereocenters. The summed E-state index contributed by atoms with van der Waals surface area (Å²) < 4.78 is 7.93. The van der Waals surface area contributed by atoms with Gasteiger partial charge in [-0.2, -0.15) is 0 Å². The van der Waals surface area contributed by atoms with Crippen LogP contribution < -0.4 is 15.0 Å². The molecular formula is C24H14Cl2I2N2O3S. The van der Waals surface area contributed by atoms with Gasteiger partial charge in [0.15, 0.2) is 5.11 Å². The molecule has 1 aliphatic rings. The number of amides is 2. The summed E-state index contributed by atoms with van der Waals surface area (Å²) in [6.45, 7) is 0.432. The summed E-state index contributed by atoms with van der Waals surface area (Å²) in [6.07, 6.45) is 1.51. The smallest absolute Gasteiger partial charge is 0.270 e. The van der Waals surface area contributed by atoms with Crippen LogP contribution in [0.15, 0.2) is 66.2 Å². The molecule has 0 saturated carbocycles. The van der Waals surface area contributed by atoms with Crippen molar-refractivity contribution >= 4 is 109 Å². The molecule has 1 aliphatic heterocycles. The number of nitrogens with one attached hydrogen (secondary N) is 1. The fourth-order valence-electron chi connectivity index (χ4n) is 3.17. The predicted octanol–water partition coefficient (Wildman–Crippen LogP) is 6.61. The normalized spacial score (nSPS) is 15.0. The number of carbonyl (C=O) groups excluding carboxylic acids is 2. The molecule has 1 fully saturated rings. The molecule has 3 aromatic carbocycles. The van der Waals surface area contributed by atoms with E-state index in [-0.39, 0.29) is 20.7 Å². The van der Waals surface area contributed by atoms with Gasteiger partial charge in [0.25, 0.3) is 11.8 Å². The van der Waals surface area contributed by atoms with Crippen LogP contribution in [0.3, 0.4) is 0 Å². The minimum atomic E-state index is -0.591. The van der Waals surface area contributed by atoms with E-state index < -0.39 is 11.8 Å². The lowest BCUT2D eigenvalue weighted by Gasteiger charge is -2.29. The average Bonchev–Trinajstić information content (AvgIpc) is 2.80. The maximum absolute atomic E-state index is 13.2. The molecule has 1 saturated heterocycles. The SMILES string of the molecule is O=C1NC(=S)N(c2cccc(Cl)c2Cl)C(=O)/C1=C/c1ccc(OCc2ccc(I)cc2)c(I)c1. The Morgan fingerprint density at radius 1 is 1.03 bits per heavy atom. The van der Waals surface area contributed by atoms with Gasteiger partial charge in [0.1, 0.15) is 17.9 Å². The highest BCUT2D eigenvalue weighted by molar-refractivity contribution is 14.1. The number of rotatable bonds is 5. The molecule has 1 heterocycles. The highest BCUT2D eigenvalue weighted by Crippen LogP contribution is 2.34. The predicted molar refractivity (Wildman–Crippen MR) is 155 cm³/mol. The van der Waals surface area contributed by atoms with Crippen molar-refractivity contribution in [1.82, 2.24) is 5.32 Å². The van der Waals surface area contributed by atoms with Crippen LogP contribution >= 0.6 is 80.6 Å². The van der Waals surface area contributed by atoms with Crippen molar-refractivity contribution in [3.63, 3.8) is 0 Å². The van der Waals surface area contributed by atoms with E-state index in [4.69, 9.17) is 40.2 Å². The summed E-state index contributed by atoms with van der Waals surface area (Å²) in [6, 6.07) is 18.4. The van der Waals surface area contributed by atoms with Crippen LogP contribution in [-0.4, -0.2) is 16.9 Å². The van der Waals surface area contributed by atoms with E-state index in [2.05, 4.69) is 50.5 Å². The summed E-state index contributed by atoms with van der Waals surface area (Å²) in [5.41, 5.74) is 1.94. The molecule has 172 valence electrons. The Morgan fingerprint density at radius 2 is 1.76 bits per heavy atom. The summed E-state index contributed by atoms with van der Waals surface area (Å²) in [7, 11) is 0. The van der Waals surface area contributed by atoms with Crippen LogP contribution in [0.5, 0.6) is 5.75 Å². The first-order valence-corrected chi connectivity index (χ1v) is 13.1. The molecule has 0 spiro atoms. The monoisotopic (exact) mass is 734 g/mol. The van der Waals surface area contributed by atoms with Crippen molar-refractivity contribution < 1.29 is 14.3 Å². The number of nitrogens with zero attached hydrogens (tertiary/aromatic N) is 1. The lowest BCUT2D eigenvalue weighted by molar-refractivity contribution is -0.122. The van der Waals surface area contributed by atoms with Crippen LogP contribution in [0, 0.1) is 7.14 Å². The summed E-state index contributed by atoms with van der Waals surface area (Å²) in [4.78, 5) is 27.0. The van der Waals surface area contributed by atoms with Gasteiger partial charge in [0, 0.05) is 3.57 Å². The Kier molecular flexibility index (Phi) is 8.13. The van der Waals surface area contributed by atoms with Crippen LogP contribution in [0.4, 0.5) is 5.69 Å². The van der Waals surface area contributed by atoms with Gasteiger partial charge in [-0.25, -0.2) is 0 Å². The Labute approximate surface area is 238 Å². The van der Waals surface area contributed by atoms with Crippen molar-refractivity contribution in [1.29, 1.82) is 0 Å². The minimum Gasteiger partial charge on any atom is -0.488 e. The standard InChI is InChI=1S/C24H14Cl2I2N2O3S/c25-17-2-1-3-19(21(17)26)30-23(32)16(22(31)29-24(30)34)10-14-6-9-20(18(28)11-14)33-12-13-4-7-15(27)8-5-13/h1-11H,12H2,(H,29,31,34)/b16-10+. The third kappa shape index (κ3) is 5.56. The zero-order chi connectivity index (χ0) is 24.4. The van der Waals surface area contributed by atoms with Crippen molar-refractivity contribution in [2.24, 2.45) is 0 Å². The molecule has 1 N–H and O–H groups in total.